The summed E-state index contributed by atoms with van der Waals surface area (Å²) in [6, 6.07) is 7.54. The van der Waals surface area contributed by atoms with Crippen LogP contribution in [0.3, 0.4) is 0 Å². The summed E-state index contributed by atoms with van der Waals surface area (Å²) >= 11 is 0. The number of piperidine rings is 1. The number of amides is 2. The van der Waals surface area contributed by atoms with Gasteiger partial charge in [0.1, 0.15) is 11.9 Å². The Labute approximate surface area is 191 Å². The maximum Gasteiger partial charge on any atom is 0.320 e. The first-order chi connectivity index (χ1) is 15.3. The number of hydrogen-bond donors (Lipinski definition) is 1. The van der Waals surface area contributed by atoms with E-state index in [4.69, 9.17) is 10.5 Å². The van der Waals surface area contributed by atoms with Crippen LogP contribution in [0.25, 0.3) is 0 Å². The van der Waals surface area contributed by atoms with Gasteiger partial charge in [-0.05, 0) is 31.0 Å². The molecular formula is C24H33N3O4S. The number of hydrogen-bond acceptors (Lipinski definition) is 5. The molecule has 2 amide bonds. The Morgan fingerprint density at radius 2 is 1.97 bits per heavy atom. The quantitative estimate of drug-likeness (QED) is 0.661. The number of rotatable bonds is 6. The van der Waals surface area contributed by atoms with Crippen molar-refractivity contribution >= 4 is 15.9 Å². The van der Waals surface area contributed by atoms with Crippen molar-refractivity contribution in [3.8, 4) is 5.75 Å². The fraction of sp³-hybridized carbons (Fsp3) is 0.458. The molecule has 2 heterocycles. The second-order valence-electron chi connectivity index (χ2n) is 8.31. The minimum atomic E-state index is -3.05. The van der Waals surface area contributed by atoms with Gasteiger partial charge in [0.25, 0.3) is 0 Å². The summed E-state index contributed by atoms with van der Waals surface area (Å²) in [4.78, 5) is 16.6. The summed E-state index contributed by atoms with van der Waals surface area (Å²) in [7, 11) is -3.05. The van der Waals surface area contributed by atoms with Gasteiger partial charge < -0.3 is 20.3 Å². The number of carbonyl (C=O) groups is 1. The Bertz CT molecular complexity index is 973. The van der Waals surface area contributed by atoms with Crippen molar-refractivity contribution in [2.45, 2.75) is 26.0 Å². The molecule has 0 saturated carbocycles. The molecule has 0 bridgehead atoms. The van der Waals surface area contributed by atoms with Crippen molar-refractivity contribution in [1.29, 1.82) is 0 Å². The van der Waals surface area contributed by atoms with E-state index in [-0.39, 0.29) is 42.6 Å². The summed E-state index contributed by atoms with van der Waals surface area (Å²) < 4.78 is 29.8. The lowest BCUT2D eigenvalue weighted by molar-refractivity contribution is 0.0686. The van der Waals surface area contributed by atoms with Crippen LogP contribution in [0.1, 0.15) is 18.9 Å². The zero-order chi connectivity index (χ0) is 23.1. The SMILES string of the molecule is C=C(/C=C\C=C/C)[C@H]1C[C@H](Oc2cccc(CN)c2)CN(C(=O)N2CCS(=O)(=O)CC2)C1. The average Bonchev–Trinajstić information content (AvgIpc) is 2.78. The van der Waals surface area contributed by atoms with Crippen molar-refractivity contribution in [1.82, 2.24) is 9.80 Å². The van der Waals surface area contributed by atoms with Crippen molar-refractivity contribution in [3.05, 3.63) is 66.3 Å². The lowest BCUT2D eigenvalue weighted by Crippen LogP contribution is -2.55. The highest BCUT2D eigenvalue weighted by Crippen LogP contribution is 2.28. The normalized spacial score (nSPS) is 23.6. The molecule has 2 N–H and O–H groups in total. The van der Waals surface area contributed by atoms with Crippen LogP contribution in [0, 0.1) is 5.92 Å². The van der Waals surface area contributed by atoms with Gasteiger partial charge in [0.15, 0.2) is 9.84 Å². The van der Waals surface area contributed by atoms with Crippen LogP contribution in [-0.4, -0.2) is 68.0 Å². The van der Waals surface area contributed by atoms with E-state index in [0.717, 1.165) is 23.3 Å². The first-order valence-electron chi connectivity index (χ1n) is 11.0. The third-order valence-electron chi connectivity index (χ3n) is 5.87. The van der Waals surface area contributed by atoms with E-state index in [1.807, 2.05) is 55.5 Å². The highest BCUT2D eigenvalue weighted by Gasteiger charge is 2.35. The molecule has 0 unspecified atom stereocenters. The minimum absolute atomic E-state index is 0.0145. The summed E-state index contributed by atoms with van der Waals surface area (Å²) in [6.45, 7) is 8.04. The number of likely N-dealkylation sites (tertiary alicyclic amines) is 1. The number of nitrogens with zero attached hydrogens (tertiary/aromatic N) is 2. The van der Waals surface area contributed by atoms with Crippen LogP contribution in [0.2, 0.25) is 0 Å². The molecule has 2 aliphatic rings. The molecule has 174 valence electrons. The molecule has 0 aromatic heterocycles. The van der Waals surface area contributed by atoms with E-state index in [2.05, 4.69) is 6.58 Å². The molecule has 1 aromatic rings. The first-order valence-corrected chi connectivity index (χ1v) is 12.8. The highest BCUT2D eigenvalue weighted by molar-refractivity contribution is 7.91. The fourth-order valence-corrected chi connectivity index (χ4v) is 5.23. The number of carbonyl (C=O) groups excluding carboxylic acids is 1. The molecule has 0 spiro atoms. The Morgan fingerprint density at radius 3 is 2.66 bits per heavy atom. The van der Waals surface area contributed by atoms with Crippen LogP contribution < -0.4 is 10.5 Å². The van der Waals surface area contributed by atoms with Gasteiger partial charge in [-0.2, -0.15) is 0 Å². The molecule has 2 fully saturated rings. The van der Waals surface area contributed by atoms with Crippen LogP contribution in [-0.2, 0) is 16.4 Å². The number of benzene rings is 1. The highest BCUT2D eigenvalue weighted by atomic mass is 32.2. The minimum Gasteiger partial charge on any atom is -0.489 e. The van der Waals surface area contributed by atoms with E-state index in [9.17, 15) is 13.2 Å². The summed E-state index contributed by atoms with van der Waals surface area (Å²) in [5.74, 6) is 0.803. The van der Waals surface area contributed by atoms with Crippen LogP contribution in [0.4, 0.5) is 4.79 Å². The van der Waals surface area contributed by atoms with Crippen LogP contribution in [0.5, 0.6) is 5.75 Å². The molecule has 8 heteroatoms. The van der Waals surface area contributed by atoms with E-state index in [1.165, 1.54) is 0 Å². The van der Waals surface area contributed by atoms with Gasteiger partial charge in [0, 0.05) is 32.1 Å². The number of nitrogens with two attached hydrogens (primary N) is 1. The monoisotopic (exact) mass is 459 g/mol. The van der Waals surface area contributed by atoms with Crippen LogP contribution in [0.15, 0.2) is 60.7 Å². The molecule has 32 heavy (non-hydrogen) atoms. The zero-order valence-electron chi connectivity index (χ0n) is 18.7. The Balaban J connectivity index is 1.76. The fourth-order valence-electron chi connectivity index (χ4n) is 4.03. The molecule has 1 aromatic carbocycles. The predicted octanol–water partition coefficient (Wildman–Crippen LogP) is 2.75. The summed E-state index contributed by atoms with van der Waals surface area (Å²) in [6.07, 6.45) is 8.34. The third-order valence-corrected chi connectivity index (χ3v) is 7.48. The van der Waals surface area contributed by atoms with Gasteiger partial charge in [0.05, 0.1) is 18.1 Å². The molecular weight excluding hydrogens is 426 g/mol. The smallest absolute Gasteiger partial charge is 0.320 e. The van der Waals surface area contributed by atoms with Gasteiger partial charge in [0.2, 0.25) is 0 Å². The molecule has 2 atom stereocenters. The van der Waals surface area contributed by atoms with Crippen LogP contribution >= 0.6 is 0 Å². The lowest BCUT2D eigenvalue weighted by atomic mass is 9.89. The van der Waals surface area contributed by atoms with Crippen molar-refractivity contribution in [3.63, 3.8) is 0 Å². The zero-order valence-corrected chi connectivity index (χ0v) is 19.5. The van der Waals surface area contributed by atoms with Gasteiger partial charge in [-0.1, -0.05) is 48.6 Å². The van der Waals surface area contributed by atoms with Gasteiger partial charge in [-0.3, -0.25) is 0 Å². The molecule has 7 nitrogen and oxygen atoms in total. The van der Waals surface area contributed by atoms with E-state index < -0.39 is 9.84 Å². The van der Waals surface area contributed by atoms with Crippen molar-refractivity contribution in [2.24, 2.45) is 11.7 Å². The molecule has 2 aliphatic heterocycles. The van der Waals surface area contributed by atoms with Crippen molar-refractivity contribution in [2.75, 3.05) is 37.7 Å². The van der Waals surface area contributed by atoms with Gasteiger partial charge in [-0.25, -0.2) is 13.2 Å². The average molecular weight is 460 g/mol. The standard InChI is InChI=1S/C24H33N3O4S/c1-3-4-5-7-19(2)21-15-23(31-22-9-6-8-20(14-22)16-25)18-27(17-21)24(28)26-10-12-32(29,30)13-11-26/h3-9,14,21,23H,2,10-13,15-18,25H2,1H3/b4-3-,7-5-/t21-,23-/m0/s1. The topological polar surface area (TPSA) is 92.9 Å². The second-order valence-corrected chi connectivity index (χ2v) is 10.6. The lowest BCUT2D eigenvalue weighted by Gasteiger charge is -2.41. The Kier molecular flexibility index (Phi) is 8.15. The number of urea groups is 1. The second kappa shape index (κ2) is 10.8. The molecule has 2 saturated heterocycles. The van der Waals surface area contributed by atoms with E-state index in [1.54, 1.807) is 9.80 Å². The maximum atomic E-state index is 13.2. The number of allylic oxidation sites excluding steroid dienone is 4. The predicted molar refractivity (Wildman–Crippen MR) is 127 cm³/mol. The Morgan fingerprint density at radius 1 is 1.22 bits per heavy atom. The Hall–Kier alpha value is -2.58. The molecule has 3 rings (SSSR count). The number of ether oxygens (including phenoxy) is 1. The van der Waals surface area contributed by atoms with Gasteiger partial charge in [-0.15, -0.1) is 0 Å². The summed E-state index contributed by atoms with van der Waals surface area (Å²) in [5.41, 5.74) is 7.67. The largest absolute Gasteiger partial charge is 0.489 e. The number of sulfone groups is 1. The van der Waals surface area contributed by atoms with Gasteiger partial charge >= 0.3 is 6.03 Å². The third kappa shape index (κ3) is 6.46. The van der Waals surface area contributed by atoms with Crippen molar-refractivity contribution < 1.29 is 17.9 Å². The van der Waals surface area contributed by atoms with E-state index in [0.29, 0.717) is 19.6 Å². The first kappa shape index (κ1) is 24.1. The van der Waals surface area contributed by atoms with E-state index >= 15 is 0 Å². The summed E-state index contributed by atoms with van der Waals surface area (Å²) in [5, 5.41) is 0. The molecule has 0 aliphatic carbocycles. The molecule has 0 radical (unpaired) electrons. The maximum absolute atomic E-state index is 13.2.